The van der Waals surface area contributed by atoms with Gasteiger partial charge in [0, 0.05) is 18.5 Å². The highest BCUT2D eigenvalue weighted by molar-refractivity contribution is 5.37. The first-order valence-electron chi connectivity index (χ1n) is 6.54. The van der Waals surface area contributed by atoms with Gasteiger partial charge in [0.1, 0.15) is 11.6 Å². The second-order valence-electron chi connectivity index (χ2n) is 5.69. The van der Waals surface area contributed by atoms with Gasteiger partial charge in [0.2, 0.25) is 0 Å². The smallest absolute Gasteiger partial charge is 0.252 e. The molecule has 1 fully saturated rings. The van der Waals surface area contributed by atoms with Gasteiger partial charge in [-0.15, -0.1) is 0 Å². The molecule has 0 aliphatic heterocycles. The predicted octanol–water partition coefficient (Wildman–Crippen LogP) is 1.43. The summed E-state index contributed by atoms with van der Waals surface area (Å²) in [6.45, 7) is 6.76. The Labute approximate surface area is 107 Å². The van der Waals surface area contributed by atoms with Gasteiger partial charge >= 0.3 is 0 Å². The lowest BCUT2D eigenvalue weighted by atomic mass is 9.88. The number of anilines is 1. The number of nitrogens with two attached hydrogens (primary N) is 1. The molecule has 5 nitrogen and oxygen atoms in total. The van der Waals surface area contributed by atoms with Gasteiger partial charge < -0.3 is 16.0 Å². The molecule has 1 unspecified atom stereocenters. The van der Waals surface area contributed by atoms with Crippen LogP contribution in [0.5, 0.6) is 0 Å². The molecule has 0 radical (unpaired) electrons. The molecule has 0 aromatic carbocycles. The summed E-state index contributed by atoms with van der Waals surface area (Å²) in [5, 5.41) is 3.31. The molecule has 5 heteroatoms. The van der Waals surface area contributed by atoms with Crippen LogP contribution in [-0.4, -0.2) is 22.1 Å². The minimum absolute atomic E-state index is 0.0995. The normalized spacial score (nSPS) is 18.7. The third-order valence-corrected chi connectivity index (χ3v) is 3.84. The molecule has 1 aliphatic rings. The molecule has 1 heterocycles. The van der Waals surface area contributed by atoms with E-state index in [-0.39, 0.29) is 11.1 Å². The van der Waals surface area contributed by atoms with Crippen LogP contribution in [0.3, 0.4) is 0 Å². The van der Waals surface area contributed by atoms with Crippen molar-refractivity contribution in [2.45, 2.75) is 45.1 Å². The summed E-state index contributed by atoms with van der Waals surface area (Å²) in [6.07, 6.45) is 2.23. The van der Waals surface area contributed by atoms with Crippen molar-refractivity contribution in [2.24, 2.45) is 11.7 Å². The zero-order chi connectivity index (χ0) is 13.3. The van der Waals surface area contributed by atoms with Gasteiger partial charge in [-0.2, -0.15) is 0 Å². The molecule has 0 amide bonds. The second-order valence-corrected chi connectivity index (χ2v) is 5.69. The summed E-state index contributed by atoms with van der Waals surface area (Å²) in [5.74, 6) is 2.21. The number of nitrogens with one attached hydrogen (secondary N) is 2. The number of nitrogens with zero attached hydrogens (tertiary/aromatic N) is 1. The first kappa shape index (κ1) is 13.1. The number of aromatic amines is 1. The van der Waals surface area contributed by atoms with Crippen molar-refractivity contribution < 1.29 is 0 Å². The maximum Gasteiger partial charge on any atom is 0.252 e. The van der Waals surface area contributed by atoms with Gasteiger partial charge in [0.05, 0.1) is 5.54 Å². The van der Waals surface area contributed by atoms with Crippen molar-refractivity contribution in [3.05, 3.63) is 22.2 Å². The molecule has 2 rings (SSSR count). The molecule has 18 heavy (non-hydrogen) atoms. The van der Waals surface area contributed by atoms with Gasteiger partial charge in [0.15, 0.2) is 0 Å². The van der Waals surface area contributed by atoms with Crippen molar-refractivity contribution >= 4 is 5.82 Å². The minimum atomic E-state index is -0.248. The highest BCUT2D eigenvalue weighted by Gasteiger charge is 2.29. The van der Waals surface area contributed by atoms with Crippen LogP contribution in [0.1, 0.15) is 45.4 Å². The first-order chi connectivity index (χ1) is 8.44. The zero-order valence-corrected chi connectivity index (χ0v) is 11.3. The van der Waals surface area contributed by atoms with Crippen LogP contribution in [0.25, 0.3) is 0 Å². The Hall–Kier alpha value is -1.36. The fourth-order valence-electron chi connectivity index (χ4n) is 1.81. The maximum absolute atomic E-state index is 11.6. The lowest BCUT2D eigenvalue weighted by molar-refractivity contribution is 0.381. The van der Waals surface area contributed by atoms with Crippen LogP contribution in [-0.2, 0) is 0 Å². The quantitative estimate of drug-likeness (QED) is 0.738. The van der Waals surface area contributed by atoms with Gasteiger partial charge in [-0.1, -0.05) is 13.8 Å². The molecule has 0 saturated heterocycles. The van der Waals surface area contributed by atoms with E-state index in [0.29, 0.717) is 24.2 Å². The van der Waals surface area contributed by atoms with Gasteiger partial charge in [0.25, 0.3) is 5.56 Å². The SMILES string of the molecule is CC(C)C(C)(CN)Nc1cc(=O)[nH]c(C2CC2)n1. The lowest BCUT2D eigenvalue weighted by Gasteiger charge is -2.34. The molecular formula is C13H22N4O. The molecule has 0 spiro atoms. The predicted molar refractivity (Wildman–Crippen MR) is 72.8 cm³/mol. The van der Waals surface area contributed by atoms with E-state index in [2.05, 4.69) is 36.1 Å². The Bertz CT molecular complexity index is 478. The van der Waals surface area contributed by atoms with E-state index in [9.17, 15) is 4.79 Å². The topological polar surface area (TPSA) is 83.8 Å². The fraction of sp³-hybridized carbons (Fsp3) is 0.692. The van der Waals surface area contributed by atoms with Gasteiger partial charge in [-0.25, -0.2) is 4.98 Å². The van der Waals surface area contributed by atoms with Crippen LogP contribution in [0.4, 0.5) is 5.82 Å². The molecular weight excluding hydrogens is 228 g/mol. The standard InChI is InChI=1S/C13H22N4O/c1-8(2)13(3,7-14)17-10-6-11(18)16-12(15-10)9-4-5-9/h6,8-9H,4-5,7,14H2,1-3H3,(H2,15,16,17,18). The molecule has 4 N–H and O–H groups in total. The van der Waals surface area contributed by atoms with Crippen LogP contribution in [0, 0.1) is 5.92 Å². The van der Waals surface area contributed by atoms with E-state index in [1.54, 1.807) is 0 Å². The van der Waals surface area contributed by atoms with Crippen LogP contribution in [0.15, 0.2) is 10.9 Å². The van der Waals surface area contributed by atoms with Gasteiger partial charge in [-0.3, -0.25) is 4.79 Å². The largest absolute Gasteiger partial charge is 0.363 e. The van der Waals surface area contributed by atoms with Crippen molar-refractivity contribution in [3.8, 4) is 0 Å². The lowest BCUT2D eigenvalue weighted by Crippen LogP contribution is -2.47. The Morgan fingerprint density at radius 1 is 1.61 bits per heavy atom. The summed E-state index contributed by atoms with van der Waals surface area (Å²) >= 11 is 0. The molecule has 0 bridgehead atoms. The van der Waals surface area contributed by atoms with Crippen molar-refractivity contribution in [3.63, 3.8) is 0 Å². The first-order valence-corrected chi connectivity index (χ1v) is 6.54. The highest BCUT2D eigenvalue weighted by atomic mass is 16.1. The van der Waals surface area contributed by atoms with Crippen LogP contribution < -0.4 is 16.6 Å². The Balaban J connectivity index is 2.25. The molecule has 1 aromatic heterocycles. The second kappa shape index (κ2) is 4.72. The summed E-state index contributed by atoms with van der Waals surface area (Å²) < 4.78 is 0. The van der Waals surface area contributed by atoms with E-state index in [4.69, 9.17) is 5.73 Å². The molecule has 1 aromatic rings. The van der Waals surface area contributed by atoms with Crippen molar-refractivity contribution in [1.82, 2.24) is 9.97 Å². The summed E-state index contributed by atoms with van der Waals surface area (Å²) in [6, 6.07) is 1.50. The van der Waals surface area contributed by atoms with Gasteiger partial charge in [-0.05, 0) is 25.7 Å². The summed E-state index contributed by atoms with van der Waals surface area (Å²) in [4.78, 5) is 18.9. The number of hydrogen-bond donors (Lipinski definition) is 3. The average Bonchev–Trinajstić information content (AvgIpc) is 3.11. The number of aromatic nitrogens is 2. The number of hydrogen-bond acceptors (Lipinski definition) is 4. The van der Waals surface area contributed by atoms with E-state index in [1.165, 1.54) is 6.07 Å². The third kappa shape index (κ3) is 2.72. The van der Waals surface area contributed by atoms with Crippen LogP contribution in [0.2, 0.25) is 0 Å². The number of rotatable bonds is 5. The Kier molecular flexibility index (Phi) is 3.43. The molecule has 1 saturated carbocycles. The highest BCUT2D eigenvalue weighted by Crippen LogP contribution is 2.37. The number of H-pyrrole nitrogens is 1. The fourth-order valence-corrected chi connectivity index (χ4v) is 1.81. The average molecular weight is 250 g/mol. The van der Waals surface area contributed by atoms with Crippen molar-refractivity contribution in [2.75, 3.05) is 11.9 Å². The zero-order valence-electron chi connectivity index (χ0n) is 11.3. The van der Waals surface area contributed by atoms with E-state index in [1.807, 2.05) is 0 Å². The summed E-state index contributed by atoms with van der Waals surface area (Å²) in [7, 11) is 0. The van der Waals surface area contributed by atoms with E-state index >= 15 is 0 Å². The third-order valence-electron chi connectivity index (χ3n) is 3.84. The van der Waals surface area contributed by atoms with E-state index < -0.39 is 0 Å². The summed E-state index contributed by atoms with van der Waals surface area (Å²) in [5.41, 5.74) is 5.48. The Morgan fingerprint density at radius 3 is 2.78 bits per heavy atom. The maximum atomic E-state index is 11.6. The molecule has 100 valence electrons. The van der Waals surface area contributed by atoms with Crippen LogP contribution >= 0.6 is 0 Å². The monoisotopic (exact) mass is 250 g/mol. The Morgan fingerprint density at radius 2 is 2.28 bits per heavy atom. The van der Waals surface area contributed by atoms with E-state index in [0.717, 1.165) is 18.7 Å². The van der Waals surface area contributed by atoms with Crippen molar-refractivity contribution in [1.29, 1.82) is 0 Å². The molecule has 1 aliphatic carbocycles. The minimum Gasteiger partial charge on any atom is -0.363 e. The molecule has 1 atom stereocenters.